The number of anilines is 2. The molecule has 0 radical (unpaired) electrons. The van der Waals surface area contributed by atoms with E-state index in [-0.39, 0.29) is 0 Å². The molecule has 0 unspecified atom stereocenters. The Labute approximate surface area is 223 Å². The number of pyridine rings is 1. The average molecular weight is 548 g/mol. The molecule has 12 heteroatoms. The summed E-state index contributed by atoms with van der Waals surface area (Å²) in [7, 11) is -1.33. The Hall–Kier alpha value is -2.38. The Balaban J connectivity index is 0.00000156. The summed E-state index contributed by atoms with van der Waals surface area (Å²) < 4.78 is 32.1. The largest absolute Gasteiger partial charge is 0.378 e. The first-order chi connectivity index (χ1) is 17.8. The zero-order valence-corrected chi connectivity index (χ0v) is 24.0. The second-order valence-corrected chi connectivity index (χ2v) is 12.0. The molecular formula is C25H37N7O3S2. The number of rotatable bonds is 6. The van der Waals surface area contributed by atoms with Crippen LogP contribution in [0.3, 0.4) is 0 Å². The van der Waals surface area contributed by atoms with Crippen LogP contribution in [0.25, 0.3) is 21.3 Å². The molecule has 2 fully saturated rings. The van der Waals surface area contributed by atoms with Crippen molar-refractivity contribution >= 4 is 43.2 Å². The topological polar surface area (TPSA) is 104 Å². The normalized spacial score (nSPS) is 17.5. The molecule has 0 saturated carbocycles. The molecule has 3 aromatic rings. The summed E-state index contributed by atoms with van der Waals surface area (Å²) >= 11 is 1.79. The summed E-state index contributed by atoms with van der Waals surface area (Å²) in [5, 5.41) is 4.15. The van der Waals surface area contributed by atoms with Crippen molar-refractivity contribution in [3.05, 3.63) is 28.9 Å². The molecule has 0 bridgehead atoms. The van der Waals surface area contributed by atoms with Crippen LogP contribution in [-0.4, -0.2) is 98.4 Å². The second kappa shape index (κ2) is 12.0. The number of morpholine rings is 1. The number of aromatic nitrogens is 3. The first kappa shape index (κ1) is 27.6. The number of sulfonamides is 1. The van der Waals surface area contributed by atoms with Crippen LogP contribution in [0.1, 0.15) is 24.3 Å². The van der Waals surface area contributed by atoms with E-state index >= 15 is 0 Å². The molecule has 0 spiro atoms. The van der Waals surface area contributed by atoms with Gasteiger partial charge in [-0.25, -0.2) is 23.4 Å². The molecule has 2 saturated heterocycles. The molecular weight excluding hydrogens is 510 g/mol. The molecule has 202 valence electrons. The van der Waals surface area contributed by atoms with Crippen LogP contribution in [0.15, 0.2) is 18.5 Å². The first-order valence-electron chi connectivity index (χ1n) is 12.8. The maximum absolute atomic E-state index is 11.9. The van der Waals surface area contributed by atoms with Gasteiger partial charge in [-0.1, -0.05) is 13.8 Å². The highest BCUT2D eigenvalue weighted by Crippen LogP contribution is 2.39. The number of piperazine rings is 1. The van der Waals surface area contributed by atoms with E-state index in [1.807, 2.05) is 13.8 Å². The molecule has 2 aliphatic rings. The zero-order valence-electron chi connectivity index (χ0n) is 22.3. The van der Waals surface area contributed by atoms with E-state index in [0.29, 0.717) is 32.3 Å². The van der Waals surface area contributed by atoms with Gasteiger partial charge in [-0.05, 0) is 18.6 Å². The van der Waals surface area contributed by atoms with Gasteiger partial charge in [-0.2, -0.15) is 4.31 Å². The Morgan fingerprint density at radius 1 is 1.05 bits per heavy atom. The fourth-order valence-corrected chi connectivity index (χ4v) is 6.72. The van der Waals surface area contributed by atoms with Crippen molar-refractivity contribution in [3.8, 4) is 11.3 Å². The van der Waals surface area contributed by atoms with Crippen LogP contribution in [-0.2, 0) is 21.3 Å². The van der Waals surface area contributed by atoms with Crippen molar-refractivity contribution in [2.45, 2.75) is 27.3 Å². The van der Waals surface area contributed by atoms with E-state index in [9.17, 15) is 8.42 Å². The molecule has 37 heavy (non-hydrogen) atoms. The van der Waals surface area contributed by atoms with E-state index in [2.05, 4.69) is 38.1 Å². The van der Waals surface area contributed by atoms with Gasteiger partial charge in [-0.3, -0.25) is 4.90 Å². The summed E-state index contributed by atoms with van der Waals surface area (Å²) in [6.45, 7) is 12.5. The molecule has 2 aliphatic heterocycles. The third-order valence-corrected chi connectivity index (χ3v) is 9.24. The fraction of sp³-hybridized carbons (Fsp3) is 0.560. The molecule has 0 aliphatic carbocycles. The van der Waals surface area contributed by atoms with Crippen molar-refractivity contribution in [2.24, 2.45) is 0 Å². The number of hydrogen-bond acceptors (Lipinski definition) is 10. The van der Waals surface area contributed by atoms with Gasteiger partial charge in [0.15, 0.2) is 0 Å². The maximum atomic E-state index is 11.9. The molecule has 5 rings (SSSR count). The quantitative estimate of drug-likeness (QED) is 0.499. The van der Waals surface area contributed by atoms with E-state index in [1.54, 1.807) is 35.1 Å². The van der Waals surface area contributed by atoms with E-state index in [1.165, 1.54) is 26.8 Å². The Bertz CT molecular complexity index is 1300. The summed E-state index contributed by atoms with van der Waals surface area (Å²) in [6, 6.07) is 2.15. The number of nitrogens with one attached hydrogen (secondary N) is 1. The van der Waals surface area contributed by atoms with Crippen LogP contribution in [0.2, 0.25) is 0 Å². The van der Waals surface area contributed by atoms with Crippen LogP contribution in [0, 0.1) is 6.92 Å². The molecule has 5 heterocycles. The third-order valence-electron chi connectivity index (χ3n) is 6.65. The molecule has 1 N–H and O–H groups in total. The number of hydrogen-bond donors (Lipinski definition) is 1. The van der Waals surface area contributed by atoms with E-state index < -0.39 is 10.0 Å². The minimum atomic E-state index is -3.13. The van der Waals surface area contributed by atoms with Crippen molar-refractivity contribution in [3.63, 3.8) is 0 Å². The van der Waals surface area contributed by atoms with Crippen LogP contribution in [0.5, 0.6) is 0 Å². The highest BCUT2D eigenvalue weighted by atomic mass is 32.2. The van der Waals surface area contributed by atoms with Gasteiger partial charge in [0.25, 0.3) is 0 Å². The van der Waals surface area contributed by atoms with E-state index in [4.69, 9.17) is 9.72 Å². The van der Waals surface area contributed by atoms with E-state index in [0.717, 1.165) is 49.8 Å². The number of thiophene rings is 1. The lowest BCUT2D eigenvalue weighted by Crippen LogP contribution is -2.47. The van der Waals surface area contributed by atoms with Crippen molar-refractivity contribution < 1.29 is 13.2 Å². The Morgan fingerprint density at radius 2 is 1.70 bits per heavy atom. The predicted octanol–water partition coefficient (Wildman–Crippen LogP) is 3.04. The van der Waals surface area contributed by atoms with Crippen LogP contribution >= 0.6 is 11.3 Å². The zero-order chi connectivity index (χ0) is 26.6. The summed E-state index contributed by atoms with van der Waals surface area (Å²) in [4.78, 5) is 19.8. The summed E-state index contributed by atoms with van der Waals surface area (Å²) in [5.41, 5.74) is 2.99. The van der Waals surface area contributed by atoms with Gasteiger partial charge in [0.05, 0.1) is 29.9 Å². The lowest BCUT2D eigenvalue weighted by atomic mass is 10.1. The van der Waals surface area contributed by atoms with Crippen LogP contribution < -0.4 is 10.2 Å². The van der Waals surface area contributed by atoms with Crippen molar-refractivity contribution in [2.75, 3.05) is 76.0 Å². The lowest BCUT2D eigenvalue weighted by Gasteiger charge is -2.33. The highest BCUT2D eigenvalue weighted by Gasteiger charge is 2.26. The minimum absolute atomic E-state index is 0.538. The Kier molecular flexibility index (Phi) is 8.96. The molecule has 0 atom stereocenters. The standard InChI is InChI=1S/C23H31N7O3S2.C2H6/c1-16-18-12-19(17-13-25-23(24-2)26-14-17)27-22(29-8-10-33-11-9-29)21(18)34-20(16)15-28-4-6-30(7-5-28)35(3,31)32;1-2/h12-14H,4-11,15H2,1-3H3,(H,24,25,26);1-2H3. The average Bonchev–Trinajstić information content (AvgIpc) is 3.24. The van der Waals surface area contributed by atoms with Gasteiger partial charge < -0.3 is 15.0 Å². The number of nitrogens with zero attached hydrogens (tertiary/aromatic N) is 6. The predicted molar refractivity (Wildman–Crippen MR) is 151 cm³/mol. The van der Waals surface area contributed by atoms with Gasteiger partial charge in [0, 0.05) is 81.1 Å². The number of aryl methyl sites for hydroxylation is 1. The van der Waals surface area contributed by atoms with Crippen molar-refractivity contribution in [1.29, 1.82) is 0 Å². The number of fused-ring (bicyclic) bond motifs is 1. The van der Waals surface area contributed by atoms with Gasteiger partial charge in [0.1, 0.15) is 5.82 Å². The van der Waals surface area contributed by atoms with Crippen LogP contribution in [0.4, 0.5) is 11.8 Å². The lowest BCUT2D eigenvalue weighted by molar-refractivity contribution is 0.122. The van der Waals surface area contributed by atoms with Crippen molar-refractivity contribution in [1.82, 2.24) is 24.2 Å². The number of ether oxygens (including phenoxy) is 1. The second-order valence-electron chi connectivity index (χ2n) is 8.94. The Morgan fingerprint density at radius 3 is 2.30 bits per heavy atom. The molecule has 0 amide bonds. The van der Waals surface area contributed by atoms with Gasteiger partial charge in [-0.15, -0.1) is 11.3 Å². The minimum Gasteiger partial charge on any atom is -0.378 e. The van der Waals surface area contributed by atoms with Gasteiger partial charge in [0.2, 0.25) is 16.0 Å². The monoisotopic (exact) mass is 547 g/mol. The molecule has 0 aromatic carbocycles. The fourth-order valence-electron chi connectivity index (χ4n) is 4.55. The SMILES string of the molecule is CC.CNc1ncc(-c2cc3c(C)c(CN4CCN(S(C)(=O)=O)CC4)sc3c(N3CCOCC3)n2)cn1. The summed E-state index contributed by atoms with van der Waals surface area (Å²) in [6.07, 6.45) is 4.90. The van der Waals surface area contributed by atoms with Gasteiger partial charge >= 0.3 is 0 Å². The first-order valence-corrected chi connectivity index (χ1v) is 15.4. The smallest absolute Gasteiger partial charge is 0.222 e. The highest BCUT2D eigenvalue weighted by molar-refractivity contribution is 7.88. The molecule has 10 nitrogen and oxygen atoms in total. The summed E-state index contributed by atoms with van der Waals surface area (Å²) in [5.74, 6) is 1.56. The third kappa shape index (κ3) is 6.20. The maximum Gasteiger partial charge on any atom is 0.222 e. The molecule has 3 aromatic heterocycles.